The minimum atomic E-state index is -3.38. The smallest absolute Gasteiger partial charge is 0.265 e. The van der Waals surface area contributed by atoms with Gasteiger partial charge in [0.1, 0.15) is 0 Å². The van der Waals surface area contributed by atoms with Crippen LogP contribution in [0.2, 0.25) is 10.0 Å². The van der Waals surface area contributed by atoms with Crippen molar-refractivity contribution in [2.24, 2.45) is 0 Å². The van der Waals surface area contributed by atoms with Crippen LogP contribution in [0.4, 0.5) is 17.1 Å². The van der Waals surface area contributed by atoms with Crippen molar-refractivity contribution in [2.75, 3.05) is 21.6 Å². The predicted molar refractivity (Wildman–Crippen MR) is 138 cm³/mol. The van der Waals surface area contributed by atoms with Crippen LogP contribution in [0.5, 0.6) is 0 Å². The van der Waals surface area contributed by atoms with Crippen molar-refractivity contribution >= 4 is 77.6 Å². The molecule has 1 amide bonds. The molecule has 33 heavy (non-hydrogen) atoms. The molecule has 1 aromatic heterocycles. The SMILES string of the molecule is CS(=O)(=O)Nc1ccc2sc(C(=O)Nc3cc(Cl)cc(CNc4ccc(Cl)cc4)c3)cc2c1. The molecule has 0 aliphatic rings. The fourth-order valence-corrected chi connectivity index (χ4v) is 5.10. The van der Waals surface area contributed by atoms with Crippen molar-refractivity contribution in [1.29, 1.82) is 0 Å². The normalized spacial score (nSPS) is 11.4. The zero-order valence-corrected chi connectivity index (χ0v) is 20.5. The largest absolute Gasteiger partial charge is 0.381 e. The minimum Gasteiger partial charge on any atom is -0.381 e. The second kappa shape index (κ2) is 9.61. The van der Waals surface area contributed by atoms with Crippen molar-refractivity contribution in [3.05, 3.63) is 87.2 Å². The molecule has 0 saturated heterocycles. The molecule has 6 nitrogen and oxygen atoms in total. The molecule has 10 heteroatoms. The molecule has 0 aliphatic heterocycles. The number of hydrogen-bond acceptors (Lipinski definition) is 5. The Morgan fingerprint density at radius 1 is 0.879 bits per heavy atom. The van der Waals surface area contributed by atoms with Crippen LogP contribution in [0.25, 0.3) is 10.1 Å². The molecular formula is C23H19Cl2N3O3S2. The van der Waals surface area contributed by atoms with Crippen LogP contribution in [0.3, 0.4) is 0 Å². The average Bonchev–Trinajstić information content (AvgIpc) is 3.15. The number of carbonyl (C=O) groups is 1. The van der Waals surface area contributed by atoms with Gasteiger partial charge in [-0.2, -0.15) is 0 Å². The molecule has 3 aromatic carbocycles. The third-order valence-electron chi connectivity index (χ3n) is 4.60. The maximum atomic E-state index is 12.8. The van der Waals surface area contributed by atoms with E-state index in [4.69, 9.17) is 23.2 Å². The Hall–Kier alpha value is -2.78. The van der Waals surface area contributed by atoms with Gasteiger partial charge in [0.05, 0.1) is 11.1 Å². The maximum absolute atomic E-state index is 12.8. The summed E-state index contributed by atoms with van der Waals surface area (Å²) in [6, 6.07) is 19.6. The number of sulfonamides is 1. The second-order valence-electron chi connectivity index (χ2n) is 7.40. The van der Waals surface area contributed by atoms with E-state index in [1.807, 2.05) is 24.3 Å². The van der Waals surface area contributed by atoms with Gasteiger partial charge in [0.15, 0.2) is 0 Å². The average molecular weight is 520 g/mol. The zero-order chi connectivity index (χ0) is 23.6. The van der Waals surface area contributed by atoms with Gasteiger partial charge in [-0.1, -0.05) is 23.2 Å². The molecule has 0 bridgehead atoms. The summed E-state index contributed by atoms with van der Waals surface area (Å²) >= 11 is 13.5. The zero-order valence-electron chi connectivity index (χ0n) is 17.4. The van der Waals surface area contributed by atoms with Gasteiger partial charge in [0.2, 0.25) is 10.0 Å². The summed E-state index contributed by atoms with van der Waals surface area (Å²) < 4.78 is 26.2. The minimum absolute atomic E-state index is 0.271. The van der Waals surface area contributed by atoms with Crippen LogP contribution in [0.1, 0.15) is 15.2 Å². The van der Waals surface area contributed by atoms with Gasteiger partial charge in [-0.3, -0.25) is 9.52 Å². The Morgan fingerprint density at radius 2 is 1.61 bits per heavy atom. The Kier molecular flexibility index (Phi) is 6.81. The van der Waals surface area contributed by atoms with E-state index in [0.29, 0.717) is 32.8 Å². The molecule has 0 atom stereocenters. The van der Waals surface area contributed by atoms with E-state index in [2.05, 4.69) is 15.4 Å². The van der Waals surface area contributed by atoms with E-state index in [-0.39, 0.29) is 5.91 Å². The molecule has 3 N–H and O–H groups in total. The molecule has 170 valence electrons. The molecule has 0 fully saturated rings. The van der Waals surface area contributed by atoms with Gasteiger partial charge >= 0.3 is 0 Å². The number of halogens is 2. The summed E-state index contributed by atoms with van der Waals surface area (Å²) in [7, 11) is -3.38. The van der Waals surface area contributed by atoms with Gasteiger partial charge in [-0.05, 0) is 77.7 Å². The number of thiophene rings is 1. The van der Waals surface area contributed by atoms with Crippen LogP contribution in [0.15, 0.2) is 66.7 Å². The van der Waals surface area contributed by atoms with E-state index < -0.39 is 10.0 Å². The molecule has 0 aliphatic carbocycles. The first-order chi connectivity index (χ1) is 15.6. The van der Waals surface area contributed by atoms with Crippen molar-refractivity contribution in [1.82, 2.24) is 0 Å². The molecule has 4 rings (SSSR count). The fraction of sp³-hybridized carbons (Fsp3) is 0.0870. The summed E-state index contributed by atoms with van der Waals surface area (Å²) in [5.41, 5.74) is 2.85. The predicted octanol–water partition coefficient (Wildman–Crippen LogP) is 6.44. The lowest BCUT2D eigenvalue weighted by Crippen LogP contribution is -2.10. The fourth-order valence-electron chi connectivity index (χ4n) is 3.22. The standard InChI is InChI=1S/C23H19Cl2N3O3S2/c1-33(30,31)28-19-6-7-21-15(10-19)11-22(32-21)23(29)27-20-9-14(8-17(25)12-20)13-26-18-4-2-16(24)3-5-18/h2-12,26,28H,13H2,1H3,(H,27,29). The summed E-state index contributed by atoms with van der Waals surface area (Å²) in [5, 5.41) is 8.13. The highest BCUT2D eigenvalue weighted by atomic mass is 35.5. The highest BCUT2D eigenvalue weighted by Crippen LogP contribution is 2.29. The van der Waals surface area contributed by atoms with Crippen molar-refractivity contribution in [3.8, 4) is 0 Å². The monoisotopic (exact) mass is 519 g/mol. The van der Waals surface area contributed by atoms with Gasteiger partial charge < -0.3 is 10.6 Å². The van der Waals surface area contributed by atoms with Crippen LogP contribution in [0, 0.1) is 0 Å². The number of benzene rings is 3. The first kappa shape index (κ1) is 23.4. The molecule has 0 spiro atoms. The highest BCUT2D eigenvalue weighted by molar-refractivity contribution is 7.92. The van der Waals surface area contributed by atoms with E-state index >= 15 is 0 Å². The summed E-state index contributed by atoms with van der Waals surface area (Å²) in [6.45, 7) is 0.518. The quantitative estimate of drug-likeness (QED) is 0.262. The van der Waals surface area contributed by atoms with E-state index in [1.165, 1.54) is 11.3 Å². The number of nitrogens with one attached hydrogen (secondary N) is 3. The lowest BCUT2D eigenvalue weighted by molar-refractivity contribution is 0.103. The molecule has 1 heterocycles. The summed E-state index contributed by atoms with van der Waals surface area (Å²) in [6.07, 6.45) is 1.09. The van der Waals surface area contributed by atoms with Crippen molar-refractivity contribution in [3.63, 3.8) is 0 Å². The lowest BCUT2D eigenvalue weighted by Gasteiger charge is -2.10. The second-order valence-corrected chi connectivity index (χ2v) is 11.1. The third kappa shape index (κ3) is 6.39. The van der Waals surface area contributed by atoms with Crippen molar-refractivity contribution < 1.29 is 13.2 Å². The Balaban J connectivity index is 1.48. The summed E-state index contributed by atoms with van der Waals surface area (Å²) in [5.74, 6) is -0.271. The van der Waals surface area contributed by atoms with Crippen LogP contribution in [-0.4, -0.2) is 20.6 Å². The van der Waals surface area contributed by atoms with E-state index in [0.717, 1.165) is 27.6 Å². The number of fused-ring (bicyclic) bond motifs is 1. The Morgan fingerprint density at radius 3 is 2.33 bits per heavy atom. The Bertz CT molecular complexity index is 1440. The Labute approximate surface area is 205 Å². The number of carbonyl (C=O) groups excluding carboxylic acids is 1. The molecular weight excluding hydrogens is 501 g/mol. The maximum Gasteiger partial charge on any atom is 0.265 e. The highest BCUT2D eigenvalue weighted by Gasteiger charge is 2.13. The lowest BCUT2D eigenvalue weighted by atomic mass is 10.2. The van der Waals surface area contributed by atoms with E-state index in [9.17, 15) is 13.2 Å². The topological polar surface area (TPSA) is 87.3 Å². The third-order valence-corrected chi connectivity index (χ3v) is 6.79. The van der Waals surface area contributed by atoms with Gasteiger partial charge in [-0.15, -0.1) is 11.3 Å². The van der Waals surface area contributed by atoms with Crippen LogP contribution >= 0.6 is 34.5 Å². The van der Waals surface area contributed by atoms with Crippen molar-refractivity contribution in [2.45, 2.75) is 6.54 Å². The van der Waals surface area contributed by atoms with Crippen LogP contribution < -0.4 is 15.4 Å². The van der Waals surface area contributed by atoms with Crippen LogP contribution in [-0.2, 0) is 16.6 Å². The molecule has 0 radical (unpaired) electrons. The molecule has 4 aromatic rings. The molecule has 0 unspecified atom stereocenters. The van der Waals surface area contributed by atoms with E-state index in [1.54, 1.807) is 42.5 Å². The number of rotatable bonds is 7. The number of amides is 1. The first-order valence-corrected chi connectivity index (χ1v) is 13.2. The number of anilines is 3. The van der Waals surface area contributed by atoms with Gasteiger partial charge in [-0.25, -0.2) is 8.42 Å². The van der Waals surface area contributed by atoms with Gasteiger partial charge in [0, 0.05) is 38.4 Å². The molecule has 0 saturated carbocycles. The summed E-state index contributed by atoms with van der Waals surface area (Å²) in [4.78, 5) is 13.4. The van der Waals surface area contributed by atoms with Gasteiger partial charge in [0.25, 0.3) is 5.91 Å². The first-order valence-electron chi connectivity index (χ1n) is 9.76. The number of hydrogen-bond donors (Lipinski definition) is 3.